The summed E-state index contributed by atoms with van der Waals surface area (Å²) >= 11 is 0. The van der Waals surface area contributed by atoms with Crippen molar-refractivity contribution in [2.24, 2.45) is 5.41 Å². The number of aromatic nitrogens is 1. The summed E-state index contributed by atoms with van der Waals surface area (Å²) in [5, 5.41) is 11.2. The summed E-state index contributed by atoms with van der Waals surface area (Å²) in [7, 11) is 0. The zero-order valence-electron chi connectivity index (χ0n) is 11.4. The van der Waals surface area contributed by atoms with Crippen molar-refractivity contribution in [1.82, 2.24) is 4.98 Å². The van der Waals surface area contributed by atoms with Gasteiger partial charge in [-0.3, -0.25) is 4.98 Å². The third-order valence-electron chi connectivity index (χ3n) is 3.33. The first-order valence-corrected chi connectivity index (χ1v) is 6.49. The number of aliphatic hydroxyl groups excluding tert-OH is 1. The summed E-state index contributed by atoms with van der Waals surface area (Å²) in [4.78, 5) is 4.62. The molecule has 1 atom stereocenters. The van der Waals surface area contributed by atoms with Crippen molar-refractivity contribution >= 4 is 10.9 Å². The van der Waals surface area contributed by atoms with Crippen molar-refractivity contribution in [1.29, 1.82) is 0 Å². The molecule has 1 aromatic heterocycles. The van der Waals surface area contributed by atoms with E-state index in [1.165, 1.54) is 0 Å². The van der Waals surface area contributed by atoms with Gasteiger partial charge in [0, 0.05) is 11.1 Å². The first-order valence-electron chi connectivity index (χ1n) is 6.49. The summed E-state index contributed by atoms with van der Waals surface area (Å²) in [6.07, 6.45) is 1.30. The highest BCUT2D eigenvalue weighted by molar-refractivity contribution is 5.78. The van der Waals surface area contributed by atoms with Gasteiger partial charge in [-0.1, -0.05) is 45.0 Å². The molecule has 0 saturated heterocycles. The number of pyridine rings is 1. The van der Waals surface area contributed by atoms with E-state index in [9.17, 15) is 5.11 Å². The van der Waals surface area contributed by atoms with Crippen LogP contribution in [0, 0.1) is 5.41 Å². The van der Waals surface area contributed by atoms with Gasteiger partial charge in [-0.05, 0) is 30.4 Å². The number of hydrogen-bond acceptors (Lipinski definition) is 2. The second kappa shape index (κ2) is 5.07. The van der Waals surface area contributed by atoms with Gasteiger partial charge >= 0.3 is 0 Å². The van der Waals surface area contributed by atoms with Crippen molar-refractivity contribution in [3.63, 3.8) is 0 Å². The Balaban J connectivity index is 2.08. The summed E-state index contributed by atoms with van der Waals surface area (Å²) in [5.41, 5.74) is 2.02. The van der Waals surface area contributed by atoms with E-state index in [1.54, 1.807) is 0 Å². The lowest BCUT2D eigenvalue weighted by atomic mass is 9.86. The van der Waals surface area contributed by atoms with Crippen LogP contribution in [0.25, 0.3) is 10.9 Å². The lowest BCUT2D eigenvalue weighted by Gasteiger charge is -2.25. The van der Waals surface area contributed by atoms with Gasteiger partial charge in [0.2, 0.25) is 0 Å². The summed E-state index contributed by atoms with van der Waals surface area (Å²) < 4.78 is 0. The maximum Gasteiger partial charge on any atom is 0.0705 e. The van der Waals surface area contributed by atoms with Crippen LogP contribution >= 0.6 is 0 Å². The molecule has 96 valence electrons. The van der Waals surface area contributed by atoms with Crippen molar-refractivity contribution in [3.05, 3.63) is 42.1 Å². The van der Waals surface area contributed by atoms with Gasteiger partial charge < -0.3 is 5.11 Å². The molecular weight excluding hydrogens is 222 g/mol. The highest BCUT2D eigenvalue weighted by atomic mass is 16.3. The van der Waals surface area contributed by atoms with Crippen LogP contribution < -0.4 is 0 Å². The maximum atomic E-state index is 10.0. The minimum Gasteiger partial charge on any atom is -0.393 e. The Labute approximate surface area is 109 Å². The number of fused-ring (bicyclic) bond motifs is 1. The van der Waals surface area contributed by atoms with Gasteiger partial charge in [0.1, 0.15) is 0 Å². The van der Waals surface area contributed by atoms with Gasteiger partial charge in [-0.15, -0.1) is 0 Å². The number of nitrogens with zero attached hydrogens (tertiary/aromatic N) is 1. The fraction of sp³-hybridized carbons (Fsp3) is 0.438. The van der Waals surface area contributed by atoms with Gasteiger partial charge in [0.05, 0.1) is 11.6 Å². The molecule has 0 aliphatic heterocycles. The molecule has 1 heterocycles. The van der Waals surface area contributed by atoms with Gasteiger partial charge in [0.15, 0.2) is 0 Å². The van der Waals surface area contributed by atoms with Crippen LogP contribution in [-0.4, -0.2) is 16.2 Å². The number of hydrogen-bond donors (Lipinski definition) is 1. The number of para-hydroxylation sites is 1. The number of aryl methyl sites for hydroxylation is 1. The van der Waals surface area contributed by atoms with Gasteiger partial charge in [0.25, 0.3) is 0 Å². The quantitative estimate of drug-likeness (QED) is 0.894. The standard InChI is InChI=1S/C16H21NO/c1-16(2,3)15(18)11-10-13-9-8-12-6-4-5-7-14(12)17-13/h4-9,15,18H,10-11H2,1-3H3. The average molecular weight is 243 g/mol. The largest absolute Gasteiger partial charge is 0.393 e. The molecule has 0 bridgehead atoms. The number of rotatable bonds is 3. The summed E-state index contributed by atoms with van der Waals surface area (Å²) in [6, 6.07) is 12.3. The Morgan fingerprint density at radius 1 is 1.11 bits per heavy atom. The molecule has 2 rings (SSSR count). The van der Waals surface area contributed by atoms with Crippen molar-refractivity contribution < 1.29 is 5.11 Å². The molecular formula is C16H21NO. The fourth-order valence-electron chi connectivity index (χ4n) is 1.97. The number of benzene rings is 1. The topological polar surface area (TPSA) is 33.1 Å². The second-order valence-electron chi connectivity index (χ2n) is 5.92. The molecule has 0 saturated carbocycles. The van der Waals surface area contributed by atoms with E-state index in [4.69, 9.17) is 0 Å². The first kappa shape index (κ1) is 13.0. The van der Waals surface area contributed by atoms with Crippen molar-refractivity contribution in [3.8, 4) is 0 Å². The van der Waals surface area contributed by atoms with Crippen molar-refractivity contribution in [2.45, 2.75) is 39.7 Å². The predicted molar refractivity (Wildman–Crippen MR) is 75.5 cm³/mol. The van der Waals surface area contributed by atoms with E-state index in [0.717, 1.165) is 29.4 Å². The van der Waals surface area contributed by atoms with Crippen molar-refractivity contribution in [2.75, 3.05) is 0 Å². The SMILES string of the molecule is CC(C)(C)C(O)CCc1ccc2ccccc2n1. The zero-order chi connectivity index (χ0) is 13.2. The molecule has 0 amide bonds. The van der Waals surface area contributed by atoms with E-state index >= 15 is 0 Å². The predicted octanol–water partition coefficient (Wildman–Crippen LogP) is 3.57. The van der Waals surface area contributed by atoms with Gasteiger partial charge in [-0.25, -0.2) is 0 Å². The third-order valence-corrected chi connectivity index (χ3v) is 3.33. The molecule has 2 heteroatoms. The van der Waals surface area contributed by atoms with E-state index in [0.29, 0.717) is 0 Å². The summed E-state index contributed by atoms with van der Waals surface area (Å²) in [6.45, 7) is 6.18. The molecule has 1 aromatic carbocycles. The molecule has 0 spiro atoms. The highest BCUT2D eigenvalue weighted by Gasteiger charge is 2.21. The Kier molecular flexibility index (Phi) is 3.67. The van der Waals surface area contributed by atoms with Gasteiger partial charge in [-0.2, -0.15) is 0 Å². The summed E-state index contributed by atoms with van der Waals surface area (Å²) in [5.74, 6) is 0. The maximum absolute atomic E-state index is 10.0. The molecule has 2 nitrogen and oxygen atoms in total. The smallest absolute Gasteiger partial charge is 0.0705 e. The van der Waals surface area contributed by atoms with E-state index in [-0.39, 0.29) is 11.5 Å². The lowest BCUT2D eigenvalue weighted by molar-refractivity contribution is 0.0558. The molecule has 1 unspecified atom stereocenters. The minimum absolute atomic E-state index is 0.0587. The van der Waals surface area contributed by atoms with Crippen LogP contribution in [0.2, 0.25) is 0 Å². The van der Waals surface area contributed by atoms with E-state index in [2.05, 4.69) is 44.0 Å². The Morgan fingerprint density at radius 3 is 2.56 bits per heavy atom. The van der Waals surface area contributed by atoms with Crippen LogP contribution in [0.15, 0.2) is 36.4 Å². The monoisotopic (exact) mass is 243 g/mol. The van der Waals surface area contributed by atoms with Crippen LogP contribution in [0.3, 0.4) is 0 Å². The highest BCUT2D eigenvalue weighted by Crippen LogP contribution is 2.23. The van der Waals surface area contributed by atoms with Crippen LogP contribution in [0.5, 0.6) is 0 Å². The van der Waals surface area contributed by atoms with Crippen LogP contribution in [-0.2, 0) is 6.42 Å². The Morgan fingerprint density at radius 2 is 1.83 bits per heavy atom. The Hall–Kier alpha value is -1.41. The minimum atomic E-state index is -0.286. The lowest BCUT2D eigenvalue weighted by Crippen LogP contribution is -2.26. The van der Waals surface area contributed by atoms with E-state index < -0.39 is 0 Å². The van der Waals surface area contributed by atoms with E-state index in [1.807, 2.05) is 18.2 Å². The molecule has 1 N–H and O–H groups in total. The third kappa shape index (κ3) is 3.08. The van der Waals surface area contributed by atoms with Crippen LogP contribution in [0.1, 0.15) is 32.9 Å². The molecule has 0 fully saturated rings. The zero-order valence-corrected chi connectivity index (χ0v) is 11.4. The normalized spacial score (nSPS) is 13.8. The molecule has 0 radical (unpaired) electrons. The molecule has 0 aliphatic carbocycles. The number of aliphatic hydroxyl groups is 1. The Bertz CT molecular complexity index is 528. The average Bonchev–Trinajstić information content (AvgIpc) is 2.34. The molecule has 2 aromatic rings. The second-order valence-corrected chi connectivity index (χ2v) is 5.92. The fourth-order valence-corrected chi connectivity index (χ4v) is 1.97. The molecule has 0 aliphatic rings. The first-order chi connectivity index (χ1) is 8.47. The molecule has 18 heavy (non-hydrogen) atoms. The van der Waals surface area contributed by atoms with Crippen LogP contribution in [0.4, 0.5) is 0 Å².